The molecule has 2 rings (SSSR count). The molecule has 1 fully saturated rings. The molecule has 0 radical (unpaired) electrons. The van der Waals surface area contributed by atoms with E-state index >= 15 is 0 Å². The summed E-state index contributed by atoms with van der Waals surface area (Å²) in [6.45, 7) is 2.94. The number of carbonyl (C=O) groups excluding carboxylic acids is 1. The Kier molecular flexibility index (Phi) is 5.24. The Morgan fingerprint density at radius 1 is 1.45 bits per heavy atom. The van der Waals surface area contributed by atoms with Crippen LogP contribution in [0.25, 0.3) is 0 Å². The minimum absolute atomic E-state index is 0.0989. The Hall–Kier alpha value is -0.840. The number of likely N-dealkylation sites (tertiary alicyclic amines) is 1. The van der Waals surface area contributed by atoms with Crippen LogP contribution in [0.5, 0.6) is 0 Å². The second-order valence-corrected chi connectivity index (χ2v) is 6.21. The van der Waals surface area contributed by atoms with Gasteiger partial charge in [-0.15, -0.1) is 0 Å². The molecule has 0 saturated carbocycles. The maximum absolute atomic E-state index is 12.4. The molecule has 1 aliphatic heterocycles. The molecular formula is C14H19Cl2N3O. The Balaban J connectivity index is 1.99. The second-order valence-electron chi connectivity index (χ2n) is 5.42. The van der Waals surface area contributed by atoms with E-state index in [1.165, 1.54) is 12.3 Å². The molecule has 2 heterocycles. The number of nitrogens with zero attached hydrogens (tertiary/aromatic N) is 3. The van der Waals surface area contributed by atoms with Crippen LogP contribution < -0.4 is 0 Å². The molecule has 110 valence electrons. The maximum atomic E-state index is 12.4. The van der Waals surface area contributed by atoms with Gasteiger partial charge in [0, 0.05) is 19.8 Å². The van der Waals surface area contributed by atoms with Gasteiger partial charge in [-0.3, -0.25) is 4.79 Å². The Morgan fingerprint density at radius 2 is 2.10 bits per heavy atom. The van der Waals surface area contributed by atoms with Gasteiger partial charge in [0.2, 0.25) is 0 Å². The molecule has 4 nitrogen and oxygen atoms in total. The lowest BCUT2D eigenvalue weighted by Gasteiger charge is -2.31. The van der Waals surface area contributed by atoms with Gasteiger partial charge >= 0.3 is 0 Å². The summed E-state index contributed by atoms with van der Waals surface area (Å²) in [7, 11) is 3.94. The Bertz CT molecular complexity index is 487. The lowest BCUT2D eigenvalue weighted by atomic mass is 9.96. The van der Waals surface area contributed by atoms with Crippen LogP contribution in [0.4, 0.5) is 0 Å². The molecule has 0 unspecified atom stereocenters. The molecule has 0 spiro atoms. The van der Waals surface area contributed by atoms with Gasteiger partial charge in [0.15, 0.2) is 0 Å². The molecule has 0 bridgehead atoms. The van der Waals surface area contributed by atoms with Crippen LogP contribution in [0.15, 0.2) is 12.3 Å². The number of hydrogen-bond acceptors (Lipinski definition) is 3. The predicted molar refractivity (Wildman–Crippen MR) is 81.4 cm³/mol. The largest absolute Gasteiger partial charge is 0.341 e. The standard InChI is InChI=1S/C14H19Cl2N3O/c1-18-5-3-10(4-6-18)9-19(2)14(20)11-7-13(16)17-8-12(11)15/h7-8,10H,3-6,9H2,1-2H3. The topological polar surface area (TPSA) is 36.4 Å². The van der Waals surface area contributed by atoms with Gasteiger partial charge in [-0.05, 0) is 45.0 Å². The van der Waals surface area contributed by atoms with Crippen molar-refractivity contribution < 1.29 is 4.79 Å². The van der Waals surface area contributed by atoms with Gasteiger partial charge in [0.25, 0.3) is 5.91 Å². The highest BCUT2D eigenvalue weighted by Crippen LogP contribution is 2.22. The van der Waals surface area contributed by atoms with Crippen molar-refractivity contribution in [1.82, 2.24) is 14.8 Å². The number of aromatic nitrogens is 1. The summed E-state index contributed by atoms with van der Waals surface area (Å²) in [6, 6.07) is 1.53. The molecule has 20 heavy (non-hydrogen) atoms. The van der Waals surface area contributed by atoms with E-state index in [0.717, 1.165) is 32.5 Å². The first kappa shape index (κ1) is 15.5. The number of hydrogen-bond donors (Lipinski definition) is 0. The zero-order valence-electron chi connectivity index (χ0n) is 11.8. The van der Waals surface area contributed by atoms with Crippen molar-refractivity contribution in [2.75, 3.05) is 33.7 Å². The monoisotopic (exact) mass is 315 g/mol. The van der Waals surface area contributed by atoms with Crippen molar-refractivity contribution in [3.63, 3.8) is 0 Å². The van der Waals surface area contributed by atoms with Gasteiger partial charge in [0.05, 0.1) is 10.6 Å². The van der Waals surface area contributed by atoms with Gasteiger partial charge in [-0.2, -0.15) is 0 Å². The molecule has 1 amide bonds. The molecule has 1 aliphatic rings. The number of halogens is 2. The van der Waals surface area contributed by atoms with Crippen LogP contribution in [-0.4, -0.2) is 54.4 Å². The Labute approximate surface area is 129 Å². The molecule has 0 N–H and O–H groups in total. The van der Waals surface area contributed by atoms with E-state index in [0.29, 0.717) is 16.5 Å². The van der Waals surface area contributed by atoms with Crippen molar-refractivity contribution in [2.24, 2.45) is 5.92 Å². The van der Waals surface area contributed by atoms with Crippen LogP contribution in [-0.2, 0) is 0 Å². The molecule has 1 aromatic rings. The minimum atomic E-state index is -0.0989. The summed E-state index contributed by atoms with van der Waals surface area (Å²) in [5.74, 6) is 0.453. The van der Waals surface area contributed by atoms with E-state index in [9.17, 15) is 4.79 Å². The molecular weight excluding hydrogens is 297 g/mol. The third-order valence-corrected chi connectivity index (χ3v) is 4.28. The summed E-state index contributed by atoms with van der Waals surface area (Å²) in [4.78, 5) is 20.3. The number of carbonyl (C=O) groups is 1. The van der Waals surface area contributed by atoms with Crippen LogP contribution in [0.2, 0.25) is 10.2 Å². The first-order valence-corrected chi connectivity index (χ1v) is 7.48. The highest BCUT2D eigenvalue weighted by molar-refractivity contribution is 6.35. The van der Waals surface area contributed by atoms with Gasteiger partial charge in [0.1, 0.15) is 5.15 Å². The number of pyridine rings is 1. The third kappa shape index (κ3) is 3.84. The summed E-state index contributed by atoms with van der Waals surface area (Å²) in [5, 5.41) is 0.625. The smallest absolute Gasteiger partial charge is 0.255 e. The summed E-state index contributed by atoms with van der Waals surface area (Å²) < 4.78 is 0. The van der Waals surface area contributed by atoms with Crippen LogP contribution >= 0.6 is 23.2 Å². The van der Waals surface area contributed by atoms with E-state index in [1.807, 2.05) is 7.05 Å². The van der Waals surface area contributed by atoms with E-state index in [-0.39, 0.29) is 11.1 Å². The zero-order valence-corrected chi connectivity index (χ0v) is 13.3. The highest BCUT2D eigenvalue weighted by Gasteiger charge is 2.22. The van der Waals surface area contributed by atoms with Gasteiger partial charge in [-0.25, -0.2) is 4.98 Å². The second kappa shape index (κ2) is 6.74. The lowest BCUT2D eigenvalue weighted by Crippen LogP contribution is -2.38. The SMILES string of the molecule is CN1CCC(CN(C)C(=O)c2cc(Cl)ncc2Cl)CC1. The van der Waals surface area contributed by atoms with Crippen LogP contribution in [0.3, 0.4) is 0 Å². The molecule has 6 heteroatoms. The highest BCUT2D eigenvalue weighted by atomic mass is 35.5. The maximum Gasteiger partial charge on any atom is 0.255 e. The Morgan fingerprint density at radius 3 is 2.75 bits per heavy atom. The first-order valence-electron chi connectivity index (χ1n) is 6.72. The zero-order chi connectivity index (χ0) is 14.7. The molecule has 1 aromatic heterocycles. The average Bonchev–Trinajstić information content (AvgIpc) is 2.43. The fraction of sp³-hybridized carbons (Fsp3) is 0.571. The molecule has 0 aliphatic carbocycles. The summed E-state index contributed by atoms with van der Waals surface area (Å²) in [6.07, 6.45) is 3.67. The quantitative estimate of drug-likeness (QED) is 0.805. The predicted octanol–water partition coefficient (Wildman–Crippen LogP) is 2.80. The summed E-state index contributed by atoms with van der Waals surface area (Å²) in [5.41, 5.74) is 0.419. The van der Waals surface area contributed by atoms with Crippen LogP contribution in [0.1, 0.15) is 23.2 Å². The number of amides is 1. The van der Waals surface area contributed by atoms with Crippen molar-refractivity contribution >= 4 is 29.1 Å². The number of piperidine rings is 1. The summed E-state index contributed by atoms with van der Waals surface area (Å²) >= 11 is 11.8. The minimum Gasteiger partial charge on any atom is -0.341 e. The van der Waals surface area contributed by atoms with Crippen molar-refractivity contribution in [1.29, 1.82) is 0 Å². The van der Waals surface area contributed by atoms with E-state index in [2.05, 4.69) is 16.9 Å². The first-order chi connectivity index (χ1) is 9.47. The molecule has 0 atom stereocenters. The van der Waals surface area contributed by atoms with Crippen molar-refractivity contribution in [3.05, 3.63) is 28.0 Å². The molecule has 1 saturated heterocycles. The fourth-order valence-electron chi connectivity index (χ4n) is 2.50. The molecule has 0 aromatic carbocycles. The lowest BCUT2D eigenvalue weighted by molar-refractivity contribution is 0.0747. The van der Waals surface area contributed by atoms with Gasteiger partial charge in [-0.1, -0.05) is 23.2 Å². The third-order valence-electron chi connectivity index (χ3n) is 3.77. The van der Waals surface area contributed by atoms with E-state index < -0.39 is 0 Å². The van der Waals surface area contributed by atoms with Gasteiger partial charge < -0.3 is 9.80 Å². The van der Waals surface area contributed by atoms with Crippen molar-refractivity contribution in [3.8, 4) is 0 Å². The van der Waals surface area contributed by atoms with E-state index in [1.54, 1.807) is 4.90 Å². The van der Waals surface area contributed by atoms with E-state index in [4.69, 9.17) is 23.2 Å². The normalized spacial score (nSPS) is 17.2. The van der Waals surface area contributed by atoms with Crippen molar-refractivity contribution in [2.45, 2.75) is 12.8 Å². The van der Waals surface area contributed by atoms with Crippen LogP contribution in [0, 0.1) is 5.92 Å². The fourth-order valence-corrected chi connectivity index (χ4v) is 2.84. The number of rotatable bonds is 3. The average molecular weight is 316 g/mol.